The van der Waals surface area contributed by atoms with Crippen LogP contribution in [0, 0.1) is 41.1 Å². The molecule has 0 unspecified atom stereocenters. The van der Waals surface area contributed by atoms with Crippen molar-refractivity contribution in [1.29, 1.82) is 5.26 Å². The molecule has 0 fully saturated rings. The first-order valence-corrected chi connectivity index (χ1v) is 8.18. The van der Waals surface area contributed by atoms with Gasteiger partial charge in [-0.15, -0.1) is 0 Å². The summed E-state index contributed by atoms with van der Waals surface area (Å²) in [6, 6.07) is 12.0. The molecule has 0 bridgehead atoms. The van der Waals surface area contributed by atoms with Gasteiger partial charge in [0.2, 0.25) is 5.78 Å². The lowest BCUT2D eigenvalue weighted by Crippen LogP contribution is -2.06. The Morgan fingerprint density at radius 3 is 2.61 bits per heavy atom. The van der Waals surface area contributed by atoms with Gasteiger partial charge in [-0.25, -0.2) is 4.39 Å². The number of rotatable bonds is 5. The normalized spacial score (nSPS) is 11.3. The second-order valence-electron chi connectivity index (χ2n) is 6.00. The van der Waals surface area contributed by atoms with E-state index < -0.39 is 22.4 Å². The number of hydrogen-bond donors (Lipinski definition) is 0. The number of carbonyl (C=O) groups is 1. The summed E-state index contributed by atoms with van der Waals surface area (Å²) in [6.45, 7) is 3.38. The van der Waals surface area contributed by atoms with Crippen LogP contribution in [0.1, 0.15) is 27.5 Å². The number of para-hydroxylation sites is 1. The standard InChI is InChI=1S/C20H14FN3O4/c1-12-9-16(13(2)23(12)18-6-4-3-5-17(18)21)20(25)14(11-22)10-15-7-8-19(28-15)24(26)27/h3-10H,1-2H3. The first kappa shape index (κ1) is 18.8. The van der Waals surface area contributed by atoms with Crippen LogP contribution in [0.15, 0.2) is 52.5 Å². The zero-order valence-electron chi connectivity index (χ0n) is 15.0. The summed E-state index contributed by atoms with van der Waals surface area (Å²) in [4.78, 5) is 22.8. The van der Waals surface area contributed by atoms with Crippen molar-refractivity contribution in [2.75, 3.05) is 0 Å². The van der Waals surface area contributed by atoms with E-state index in [1.807, 2.05) is 0 Å². The second kappa shape index (κ2) is 7.32. The van der Waals surface area contributed by atoms with E-state index in [0.29, 0.717) is 17.1 Å². The molecule has 0 aliphatic carbocycles. The number of Topliss-reactive ketones (excluding diaryl/α,β-unsaturated/α-hetero) is 1. The molecule has 0 atom stereocenters. The number of furan rings is 1. The molecule has 0 N–H and O–H groups in total. The van der Waals surface area contributed by atoms with Gasteiger partial charge in [0, 0.05) is 23.0 Å². The zero-order chi connectivity index (χ0) is 20.4. The fraction of sp³-hybridized carbons (Fsp3) is 0.100. The molecule has 0 aliphatic heterocycles. The number of allylic oxidation sites excluding steroid dienone is 1. The van der Waals surface area contributed by atoms with Crippen molar-refractivity contribution in [1.82, 2.24) is 4.57 Å². The van der Waals surface area contributed by atoms with Crippen molar-refractivity contribution in [3.8, 4) is 11.8 Å². The summed E-state index contributed by atoms with van der Waals surface area (Å²) in [5.41, 5.74) is 1.37. The lowest BCUT2D eigenvalue weighted by molar-refractivity contribution is -0.402. The van der Waals surface area contributed by atoms with Crippen LogP contribution in [0.2, 0.25) is 0 Å². The van der Waals surface area contributed by atoms with Gasteiger partial charge in [-0.1, -0.05) is 12.1 Å². The number of nitro groups is 1. The molecule has 2 aromatic heterocycles. The van der Waals surface area contributed by atoms with Crippen LogP contribution < -0.4 is 0 Å². The van der Waals surface area contributed by atoms with Crippen molar-refractivity contribution < 1.29 is 18.5 Å². The molecule has 0 saturated heterocycles. The second-order valence-corrected chi connectivity index (χ2v) is 6.00. The number of hydrogen-bond acceptors (Lipinski definition) is 5. The van der Waals surface area contributed by atoms with Crippen molar-refractivity contribution >= 4 is 17.7 Å². The van der Waals surface area contributed by atoms with Crippen LogP contribution >= 0.6 is 0 Å². The van der Waals surface area contributed by atoms with Crippen molar-refractivity contribution in [3.05, 3.63) is 86.7 Å². The Morgan fingerprint density at radius 1 is 1.29 bits per heavy atom. The Balaban J connectivity index is 2.03. The van der Waals surface area contributed by atoms with E-state index in [9.17, 15) is 24.6 Å². The lowest BCUT2D eigenvalue weighted by Gasteiger charge is -2.10. The molecule has 1 aromatic carbocycles. The zero-order valence-corrected chi connectivity index (χ0v) is 15.0. The molecule has 0 radical (unpaired) electrons. The number of aromatic nitrogens is 1. The summed E-state index contributed by atoms with van der Waals surface area (Å²) in [5, 5.41) is 20.1. The predicted molar refractivity (Wildman–Crippen MR) is 98.5 cm³/mol. The summed E-state index contributed by atoms with van der Waals surface area (Å²) in [6.07, 6.45) is 1.14. The monoisotopic (exact) mass is 379 g/mol. The molecule has 8 heteroatoms. The van der Waals surface area contributed by atoms with Crippen molar-refractivity contribution in [2.45, 2.75) is 13.8 Å². The van der Waals surface area contributed by atoms with Gasteiger partial charge in [0.15, 0.2) is 0 Å². The van der Waals surface area contributed by atoms with E-state index in [-0.39, 0.29) is 16.9 Å². The van der Waals surface area contributed by atoms with Crippen LogP contribution in [-0.4, -0.2) is 15.3 Å². The first-order valence-electron chi connectivity index (χ1n) is 8.18. The third kappa shape index (κ3) is 3.33. The molecule has 2 heterocycles. The van der Waals surface area contributed by atoms with Crippen molar-refractivity contribution in [2.24, 2.45) is 0 Å². The van der Waals surface area contributed by atoms with Gasteiger partial charge in [-0.3, -0.25) is 14.9 Å². The number of ketones is 1. The quantitative estimate of drug-likeness (QED) is 0.213. The third-order valence-electron chi connectivity index (χ3n) is 4.21. The Kier molecular flexibility index (Phi) is 4.92. The lowest BCUT2D eigenvalue weighted by atomic mass is 10.0. The summed E-state index contributed by atoms with van der Waals surface area (Å²) in [7, 11) is 0. The molecule has 3 rings (SSSR count). The van der Waals surface area contributed by atoms with Gasteiger partial charge >= 0.3 is 5.88 Å². The van der Waals surface area contributed by atoms with Crippen LogP contribution in [0.25, 0.3) is 11.8 Å². The largest absolute Gasteiger partial charge is 0.433 e. The van der Waals surface area contributed by atoms with Crippen LogP contribution in [0.4, 0.5) is 10.3 Å². The molecular weight excluding hydrogens is 365 g/mol. The van der Waals surface area contributed by atoms with Gasteiger partial charge < -0.3 is 8.98 Å². The van der Waals surface area contributed by atoms with Gasteiger partial charge in [0.05, 0.1) is 11.8 Å². The smallest absolute Gasteiger partial charge is 0.401 e. The van der Waals surface area contributed by atoms with Gasteiger partial charge in [-0.05, 0) is 38.1 Å². The van der Waals surface area contributed by atoms with E-state index in [1.54, 1.807) is 48.7 Å². The molecule has 140 valence electrons. The fourth-order valence-corrected chi connectivity index (χ4v) is 2.95. The number of carbonyl (C=O) groups excluding carboxylic acids is 1. The van der Waals surface area contributed by atoms with E-state index in [1.165, 1.54) is 12.1 Å². The Bertz CT molecular complexity index is 1160. The summed E-state index contributed by atoms with van der Waals surface area (Å²) >= 11 is 0. The van der Waals surface area contributed by atoms with Crippen LogP contribution in [0.3, 0.4) is 0 Å². The molecule has 0 spiro atoms. The minimum atomic E-state index is -0.715. The van der Waals surface area contributed by atoms with Gasteiger partial charge in [-0.2, -0.15) is 5.26 Å². The van der Waals surface area contributed by atoms with E-state index in [4.69, 9.17) is 4.42 Å². The number of halogens is 1. The van der Waals surface area contributed by atoms with E-state index >= 15 is 0 Å². The number of nitriles is 1. The predicted octanol–water partition coefficient (Wildman–Crippen LogP) is 4.52. The van der Waals surface area contributed by atoms with E-state index in [2.05, 4.69) is 0 Å². The minimum absolute atomic E-state index is 0.0134. The average molecular weight is 379 g/mol. The van der Waals surface area contributed by atoms with E-state index in [0.717, 1.165) is 12.1 Å². The average Bonchev–Trinajstić information content (AvgIpc) is 3.25. The van der Waals surface area contributed by atoms with Crippen LogP contribution in [0.5, 0.6) is 0 Å². The highest BCUT2D eigenvalue weighted by molar-refractivity contribution is 6.14. The highest BCUT2D eigenvalue weighted by Crippen LogP contribution is 2.26. The maximum absolute atomic E-state index is 14.2. The molecular formula is C20H14FN3O4. The number of nitrogens with zero attached hydrogens (tertiary/aromatic N) is 3. The first-order chi connectivity index (χ1) is 13.3. The molecule has 28 heavy (non-hydrogen) atoms. The topological polar surface area (TPSA) is 102 Å². The Hall–Kier alpha value is -3.99. The molecule has 7 nitrogen and oxygen atoms in total. The van der Waals surface area contributed by atoms with Crippen molar-refractivity contribution in [3.63, 3.8) is 0 Å². The van der Waals surface area contributed by atoms with Gasteiger partial charge in [0.1, 0.15) is 28.1 Å². The van der Waals surface area contributed by atoms with Gasteiger partial charge in [0.25, 0.3) is 0 Å². The summed E-state index contributed by atoms with van der Waals surface area (Å²) < 4.78 is 20.8. The Morgan fingerprint density at radius 2 is 2.00 bits per heavy atom. The Labute approximate surface area is 159 Å². The maximum atomic E-state index is 14.2. The molecule has 0 saturated carbocycles. The highest BCUT2D eigenvalue weighted by atomic mass is 19.1. The minimum Gasteiger partial charge on any atom is -0.401 e. The fourth-order valence-electron chi connectivity index (χ4n) is 2.95. The molecule has 3 aromatic rings. The molecule has 0 amide bonds. The van der Waals surface area contributed by atoms with Crippen LogP contribution in [-0.2, 0) is 0 Å². The number of benzene rings is 1. The SMILES string of the molecule is Cc1cc(C(=O)C(C#N)=Cc2ccc([N+](=O)[O-])o2)c(C)n1-c1ccccc1F. The highest BCUT2D eigenvalue weighted by Gasteiger charge is 2.22. The summed E-state index contributed by atoms with van der Waals surface area (Å²) in [5.74, 6) is -1.51. The number of aryl methyl sites for hydroxylation is 1. The third-order valence-corrected chi connectivity index (χ3v) is 4.21. The maximum Gasteiger partial charge on any atom is 0.433 e. The molecule has 0 aliphatic rings.